The Morgan fingerprint density at radius 3 is 2.21 bits per heavy atom. The van der Waals surface area contributed by atoms with Crippen LogP contribution in [0.2, 0.25) is 0 Å². The van der Waals surface area contributed by atoms with Gasteiger partial charge in [0.15, 0.2) is 0 Å². The highest BCUT2D eigenvalue weighted by Gasteiger charge is 2.28. The Kier molecular flexibility index (Phi) is 5.22. The van der Waals surface area contributed by atoms with Gasteiger partial charge >= 0.3 is 0 Å². The van der Waals surface area contributed by atoms with Crippen LogP contribution in [0.5, 0.6) is 0 Å². The summed E-state index contributed by atoms with van der Waals surface area (Å²) in [5, 5.41) is 0. The molecule has 0 atom stereocenters. The van der Waals surface area contributed by atoms with Crippen molar-refractivity contribution in [1.29, 1.82) is 0 Å². The van der Waals surface area contributed by atoms with Gasteiger partial charge in [0.2, 0.25) is 15.9 Å². The smallest absolute Gasteiger partial charge is 0.243 e. The van der Waals surface area contributed by atoms with Crippen LogP contribution < -0.4 is 4.90 Å². The van der Waals surface area contributed by atoms with E-state index in [1.807, 2.05) is 0 Å². The summed E-state index contributed by atoms with van der Waals surface area (Å²) in [7, 11) is -3.45. The van der Waals surface area contributed by atoms with Gasteiger partial charge in [-0.3, -0.25) is 4.79 Å². The van der Waals surface area contributed by atoms with Crippen molar-refractivity contribution in [3.63, 3.8) is 0 Å². The molecule has 2 heterocycles. The molecule has 0 aliphatic carbocycles. The van der Waals surface area contributed by atoms with Gasteiger partial charge in [-0.15, -0.1) is 0 Å². The van der Waals surface area contributed by atoms with Gasteiger partial charge in [0.05, 0.1) is 4.90 Å². The molecule has 0 radical (unpaired) electrons. The zero-order chi connectivity index (χ0) is 17.2. The summed E-state index contributed by atoms with van der Waals surface area (Å²) in [6.45, 7) is 6.36. The quantitative estimate of drug-likeness (QED) is 0.825. The Bertz CT molecular complexity index is 680. The molecule has 0 N–H and O–H groups in total. The van der Waals surface area contributed by atoms with E-state index in [-0.39, 0.29) is 5.91 Å². The van der Waals surface area contributed by atoms with Crippen molar-refractivity contribution in [1.82, 2.24) is 9.21 Å². The number of piperazine rings is 1. The molecule has 1 aromatic rings. The molecule has 6 nitrogen and oxygen atoms in total. The first-order valence-corrected chi connectivity index (χ1v) is 10.1. The molecule has 7 heteroatoms. The highest BCUT2D eigenvalue weighted by molar-refractivity contribution is 7.89. The van der Waals surface area contributed by atoms with Crippen molar-refractivity contribution < 1.29 is 13.2 Å². The molecule has 0 bridgehead atoms. The number of benzene rings is 1. The number of carbonyl (C=O) groups excluding carboxylic acids is 1. The lowest BCUT2D eigenvalue weighted by atomic mass is 10.1. The molecule has 2 fully saturated rings. The number of likely N-dealkylation sites (N-methyl/N-ethyl adjacent to an activating group) is 1. The molecule has 0 unspecified atom stereocenters. The number of piperidine rings is 1. The molecular weight excluding hydrogens is 326 g/mol. The Morgan fingerprint density at radius 2 is 1.62 bits per heavy atom. The number of hydrogen-bond acceptors (Lipinski definition) is 4. The lowest BCUT2D eigenvalue weighted by Crippen LogP contribution is -2.48. The molecule has 2 aliphatic rings. The summed E-state index contributed by atoms with van der Waals surface area (Å²) in [6, 6.07) is 6.74. The van der Waals surface area contributed by atoms with Gasteiger partial charge < -0.3 is 9.80 Å². The van der Waals surface area contributed by atoms with Gasteiger partial charge in [0.25, 0.3) is 0 Å². The van der Waals surface area contributed by atoms with E-state index in [0.29, 0.717) is 31.0 Å². The van der Waals surface area contributed by atoms with Crippen LogP contribution in [-0.4, -0.2) is 62.8 Å². The molecule has 24 heavy (non-hydrogen) atoms. The minimum Gasteiger partial charge on any atom is -0.312 e. The van der Waals surface area contributed by atoms with Gasteiger partial charge in [0.1, 0.15) is 0 Å². The highest BCUT2D eigenvalue weighted by atomic mass is 32.2. The highest BCUT2D eigenvalue weighted by Crippen LogP contribution is 2.24. The predicted molar refractivity (Wildman–Crippen MR) is 93.5 cm³/mol. The van der Waals surface area contributed by atoms with Crippen LogP contribution in [-0.2, 0) is 14.8 Å². The molecule has 3 rings (SSSR count). The molecular formula is C17H25N3O3S. The fraction of sp³-hybridized carbons (Fsp3) is 0.588. The maximum absolute atomic E-state index is 12.8. The number of anilines is 1. The number of amides is 1. The molecule has 2 aliphatic heterocycles. The average molecular weight is 351 g/mol. The summed E-state index contributed by atoms with van der Waals surface area (Å²) >= 11 is 0. The van der Waals surface area contributed by atoms with Gasteiger partial charge in [-0.2, -0.15) is 4.31 Å². The third kappa shape index (κ3) is 3.48. The fourth-order valence-electron chi connectivity index (χ4n) is 3.31. The van der Waals surface area contributed by atoms with Crippen molar-refractivity contribution in [2.24, 2.45) is 0 Å². The fourth-order valence-corrected chi connectivity index (χ4v) is 4.73. The SMILES string of the molecule is CCN1CCN(S(=O)(=O)c2ccc(N3CCCCC3=O)cc2)CC1. The third-order valence-electron chi connectivity index (χ3n) is 4.89. The van der Waals surface area contributed by atoms with Crippen LogP contribution in [0.15, 0.2) is 29.2 Å². The van der Waals surface area contributed by atoms with Crippen molar-refractivity contribution in [2.45, 2.75) is 31.1 Å². The average Bonchev–Trinajstić information content (AvgIpc) is 2.62. The summed E-state index contributed by atoms with van der Waals surface area (Å²) in [5.41, 5.74) is 0.787. The van der Waals surface area contributed by atoms with E-state index in [4.69, 9.17) is 0 Å². The Morgan fingerprint density at radius 1 is 0.958 bits per heavy atom. The summed E-state index contributed by atoms with van der Waals surface area (Å²) in [6.07, 6.45) is 2.50. The van der Waals surface area contributed by atoms with Crippen LogP contribution in [0.4, 0.5) is 5.69 Å². The van der Waals surface area contributed by atoms with Gasteiger partial charge in [0, 0.05) is 44.8 Å². The van der Waals surface area contributed by atoms with Crippen molar-refractivity contribution in [3.8, 4) is 0 Å². The Hall–Kier alpha value is -1.44. The van der Waals surface area contributed by atoms with Crippen molar-refractivity contribution in [2.75, 3.05) is 44.2 Å². The minimum atomic E-state index is -3.45. The van der Waals surface area contributed by atoms with Crippen molar-refractivity contribution >= 4 is 21.6 Å². The molecule has 0 aromatic heterocycles. The predicted octanol–water partition coefficient (Wildman–Crippen LogP) is 1.53. The second-order valence-electron chi connectivity index (χ2n) is 6.33. The van der Waals surface area contributed by atoms with E-state index in [0.717, 1.165) is 38.2 Å². The minimum absolute atomic E-state index is 0.118. The van der Waals surface area contributed by atoms with Crippen LogP contribution in [0.3, 0.4) is 0 Å². The first-order chi connectivity index (χ1) is 11.5. The third-order valence-corrected chi connectivity index (χ3v) is 6.80. The number of carbonyl (C=O) groups is 1. The lowest BCUT2D eigenvalue weighted by molar-refractivity contribution is -0.119. The second-order valence-corrected chi connectivity index (χ2v) is 8.27. The molecule has 1 amide bonds. The lowest BCUT2D eigenvalue weighted by Gasteiger charge is -2.33. The molecule has 0 spiro atoms. The zero-order valence-electron chi connectivity index (χ0n) is 14.1. The van der Waals surface area contributed by atoms with Gasteiger partial charge in [-0.25, -0.2) is 8.42 Å². The number of sulfonamides is 1. The molecule has 2 saturated heterocycles. The topological polar surface area (TPSA) is 60.9 Å². The van der Waals surface area contributed by atoms with Crippen LogP contribution >= 0.6 is 0 Å². The zero-order valence-corrected chi connectivity index (χ0v) is 15.0. The maximum atomic E-state index is 12.8. The van der Waals surface area contributed by atoms with Gasteiger partial charge in [-0.05, 0) is 43.7 Å². The molecule has 1 aromatic carbocycles. The Labute approximate surface area is 144 Å². The van der Waals surface area contributed by atoms with Crippen molar-refractivity contribution in [3.05, 3.63) is 24.3 Å². The second kappa shape index (κ2) is 7.21. The number of hydrogen-bond donors (Lipinski definition) is 0. The summed E-state index contributed by atoms with van der Waals surface area (Å²) in [4.78, 5) is 16.3. The monoisotopic (exact) mass is 351 g/mol. The molecule has 0 saturated carbocycles. The van der Waals surface area contributed by atoms with E-state index < -0.39 is 10.0 Å². The van der Waals surface area contributed by atoms with E-state index in [2.05, 4.69) is 11.8 Å². The summed E-state index contributed by atoms with van der Waals surface area (Å²) < 4.78 is 27.1. The van der Waals surface area contributed by atoms with E-state index in [9.17, 15) is 13.2 Å². The van der Waals surface area contributed by atoms with E-state index >= 15 is 0 Å². The first-order valence-electron chi connectivity index (χ1n) is 8.65. The standard InChI is InChI=1S/C17H25N3O3S/c1-2-18-11-13-19(14-12-18)24(22,23)16-8-6-15(7-9-16)20-10-4-3-5-17(20)21/h6-9H,2-5,10-14H2,1H3. The largest absolute Gasteiger partial charge is 0.312 e. The number of rotatable bonds is 4. The van der Waals surface area contributed by atoms with Crippen LogP contribution in [0, 0.1) is 0 Å². The van der Waals surface area contributed by atoms with Crippen LogP contribution in [0.25, 0.3) is 0 Å². The Balaban J connectivity index is 1.73. The van der Waals surface area contributed by atoms with E-state index in [1.165, 1.54) is 0 Å². The maximum Gasteiger partial charge on any atom is 0.243 e. The normalized spacial score (nSPS) is 21.2. The van der Waals surface area contributed by atoms with E-state index in [1.54, 1.807) is 33.5 Å². The van der Waals surface area contributed by atoms with Crippen LogP contribution in [0.1, 0.15) is 26.2 Å². The molecule has 132 valence electrons. The van der Waals surface area contributed by atoms with Gasteiger partial charge in [-0.1, -0.05) is 6.92 Å². The number of nitrogens with zero attached hydrogens (tertiary/aromatic N) is 3. The first kappa shape index (κ1) is 17.4. The summed E-state index contributed by atoms with van der Waals surface area (Å²) in [5.74, 6) is 0.118.